The molecule has 2 N–H and O–H groups in total. The van der Waals surface area contributed by atoms with Crippen molar-refractivity contribution < 1.29 is 16.8 Å². The highest BCUT2D eigenvalue weighted by Gasteiger charge is 2.20. The lowest BCUT2D eigenvalue weighted by molar-refractivity contribution is 0.564. The van der Waals surface area contributed by atoms with Crippen molar-refractivity contribution in [2.45, 2.75) is 24.8 Å². The van der Waals surface area contributed by atoms with Crippen LogP contribution in [0.1, 0.15) is 13.8 Å². The molecule has 1 unspecified atom stereocenters. The molecule has 20 heavy (non-hydrogen) atoms. The summed E-state index contributed by atoms with van der Waals surface area (Å²) in [6.07, 6.45) is 2.29. The van der Waals surface area contributed by atoms with E-state index in [1.807, 2.05) is 6.92 Å². The molecular formula is C11H19N3O4S2. The molecule has 7 nitrogen and oxygen atoms in total. The lowest BCUT2D eigenvalue weighted by Crippen LogP contribution is -2.37. The minimum atomic E-state index is -3.77. The van der Waals surface area contributed by atoms with Crippen LogP contribution in [0.4, 0.5) is 5.82 Å². The van der Waals surface area contributed by atoms with E-state index in [9.17, 15) is 16.8 Å². The highest BCUT2D eigenvalue weighted by atomic mass is 32.2. The van der Waals surface area contributed by atoms with Gasteiger partial charge in [-0.05, 0) is 26.0 Å². The number of nitrogens with one attached hydrogen (secondary N) is 2. The first-order chi connectivity index (χ1) is 9.14. The van der Waals surface area contributed by atoms with Gasteiger partial charge in [-0.15, -0.1) is 0 Å². The zero-order valence-corrected chi connectivity index (χ0v) is 13.3. The predicted octanol–water partition coefficient (Wildman–Crippen LogP) is 0.225. The topological polar surface area (TPSA) is 105 Å². The first kappa shape index (κ1) is 16.9. The second-order valence-corrected chi connectivity index (χ2v) is 8.42. The summed E-state index contributed by atoms with van der Waals surface area (Å²) in [4.78, 5) is 3.97. The molecule has 0 amide bonds. The Hall–Kier alpha value is -1.19. The molecule has 1 heterocycles. The fourth-order valence-corrected chi connectivity index (χ4v) is 3.93. The second-order valence-electron chi connectivity index (χ2n) is 4.52. The summed E-state index contributed by atoms with van der Waals surface area (Å²) in [6.45, 7) is 4.09. The van der Waals surface area contributed by atoms with Crippen molar-refractivity contribution in [3.05, 3.63) is 18.3 Å². The van der Waals surface area contributed by atoms with Crippen molar-refractivity contribution in [2.75, 3.05) is 23.9 Å². The van der Waals surface area contributed by atoms with Crippen LogP contribution >= 0.6 is 0 Å². The van der Waals surface area contributed by atoms with Crippen LogP contribution in [0.25, 0.3) is 0 Å². The van der Waals surface area contributed by atoms with Crippen molar-refractivity contribution in [2.24, 2.45) is 0 Å². The molecule has 0 aliphatic rings. The van der Waals surface area contributed by atoms with Crippen LogP contribution in [0.3, 0.4) is 0 Å². The van der Waals surface area contributed by atoms with Crippen LogP contribution < -0.4 is 10.0 Å². The zero-order valence-electron chi connectivity index (χ0n) is 11.6. The third-order valence-corrected chi connectivity index (χ3v) is 4.99. The van der Waals surface area contributed by atoms with Crippen LogP contribution in [0.15, 0.2) is 23.2 Å². The van der Waals surface area contributed by atoms with E-state index < -0.39 is 25.9 Å². The molecule has 1 rings (SSSR count). The molecule has 1 aromatic rings. The molecule has 0 fully saturated rings. The zero-order chi connectivity index (χ0) is 15.4. The van der Waals surface area contributed by atoms with Crippen LogP contribution in [0, 0.1) is 0 Å². The van der Waals surface area contributed by atoms with Gasteiger partial charge in [-0.2, -0.15) is 0 Å². The Balaban J connectivity index is 2.83. The summed E-state index contributed by atoms with van der Waals surface area (Å²) >= 11 is 0. The Kier molecular flexibility index (Phi) is 5.49. The number of sulfonamides is 1. The first-order valence-electron chi connectivity index (χ1n) is 6.04. The minimum absolute atomic E-state index is 0.000459. The maximum atomic E-state index is 12.0. The molecule has 114 valence electrons. The number of hydrogen-bond donors (Lipinski definition) is 2. The summed E-state index contributed by atoms with van der Waals surface area (Å²) in [7, 11) is -7.01. The van der Waals surface area contributed by atoms with Crippen molar-refractivity contribution in [3.63, 3.8) is 0 Å². The monoisotopic (exact) mass is 321 g/mol. The fourth-order valence-electron chi connectivity index (χ4n) is 1.65. The van der Waals surface area contributed by atoms with E-state index in [1.165, 1.54) is 19.2 Å². The molecule has 0 aromatic carbocycles. The van der Waals surface area contributed by atoms with Gasteiger partial charge in [-0.1, -0.05) is 0 Å². The number of nitrogens with zero attached hydrogens (tertiary/aromatic N) is 1. The normalized spacial score (nSPS) is 13.9. The average molecular weight is 321 g/mol. The Bertz CT molecular complexity index is 639. The van der Waals surface area contributed by atoms with Crippen LogP contribution in [0.5, 0.6) is 0 Å². The van der Waals surface area contributed by atoms with Gasteiger partial charge in [0.05, 0.1) is 5.75 Å². The van der Waals surface area contributed by atoms with Gasteiger partial charge in [0.25, 0.3) is 0 Å². The maximum Gasteiger partial charge on any atom is 0.242 e. The number of anilines is 1. The highest BCUT2D eigenvalue weighted by molar-refractivity contribution is 7.91. The van der Waals surface area contributed by atoms with Crippen molar-refractivity contribution >= 4 is 25.7 Å². The molecular weight excluding hydrogens is 302 g/mol. The second kappa shape index (κ2) is 6.51. The summed E-state index contributed by atoms with van der Waals surface area (Å²) in [5.41, 5.74) is 0. The van der Waals surface area contributed by atoms with Gasteiger partial charge >= 0.3 is 0 Å². The van der Waals surface area contributed by atoms with Gasteiger partial charge in [0, 0.05) is 25.0 Å². The molecule has 0 spiro atoms. The van der Waals surface area contributed by atoms with E-state index in [-0.39, 0.29) is 10.6 Å². The smallest absolute Gasteiger partial charge is 0.242 e. The van der Waals surface area contributed by atoms with Gasteiger partial charge in [0.1, 0.15) is 20.6 Å². The third-order valence-electron chi connectivity index (χ3n) is 2.31. The van der Waals surface area contributed by atoms with Gasteiger partial charge in [0.2, 0.25) is 10.0 Å². The number of pyridine rings is 1. The SMILES string of the molecule is CCNc1ccc(S(=O)(=O)NC(C)CS(C)(=O)=O)cn1. The largest absolute Gasteiger partial charge is 0.370 e. The number of hydrogen-bond acceptors (Lipinski definition) is 6. The molecule has 1 aromatic heterocycles. The van der Waals surface area contributed by atoms with E-state index in [0.29, 0.717) is 12.4 Å². The molecule has 0 saturated heterocycles. The van der Waals surface area contributed by atoms with Gasteiger partial charge in [-0.3, -0.25) is 0 Å². The molecule has 0 saturated carbocycles. The quantitative estimate of drug-likeness (QED) is 0.744. The van der Waals surface area contributed by atoms with Gasteiger partial charge < -0.3 is 5.32 Å². The Morgan fingerprint density at radius 2 is 1.90 bits per heavy atom. The van der Waals surface area contributed by atoms with Crippen molar-refractivity contribution in [1.82, 2.24) is 9.71 Å². The Morgan fingerprint density at radius 3 is 2.35 bits per heavy atom. The number of aromatic nitrogens is 1. The summed E-state index contributed by atoms with van der Waals surface area (Å²) in [5, 5.41) is 2.95. The first-order valence-corrected chi connectivity index (χ1v) is 9.58. The number of rotatable bonds is 7. The third kappa shape index (κ3) is 5.43. The van der Waals surface area contributed by atoms with E-state index in [0.717, 1.165) is 6.26 Å². The lowest BCUT2D eigenvalue weighted by atomic mass is 10.4. The highest BCUT2D eigenvalue weighted by Crippen LogP contribution is 2.11. The van der Waals surface area contributed by atoms with Crippen LogP contribution in [0.2, 0.25) is 0 Å². The van der Waals surface area contributed by atoms with Crippen LogP contribution in [-0.4, -0.2) is 46.4 Å². The van der Waals surface area contributed by atoms with Crippen LogP contribution in [-0.2, 0) is 19.9 Å². The molecule has 9 heteroatoms. The number of sulfone groups is 1. The van der Waals surface area contributed by atoms with E-state index in [4.69, 9.17) is 0 Å². The summed E-state index contributed by atoms with van der Waals surface area (Å²) in [6, 6.07) is 2.27. The summed E-state index contributed by atoms with van der Waals surface area (Å²) < 4.78 is 48.6. The van der Waals surface area contributed by atoms with E-state index >= 15 is 0 Å². The molecule has 0 aliphatic heterocycles. The minimum Gasteiger partial charge on any atom is -0.370 e. The van der Waals surface area contributed by atoms with Gasteiger partial charge in [0.15, 0.2) is 0 Å². The van der Waals surface area contributed by atoms with Crippen molar-refractivity contribution in [3.8, 4) is 0 Å². The maximum absolute atomic E-state index is 12.0. The molecule has 0 radical (unpaired) electrons. The standard InChI is InChI=1S/C11H19N3O4S2/c1-4-12-11-6-5-10(7-13-11)20(17,18)14-9(2)8-19(3,15)16/h5-7,9,14H,4,8H2,1-3H3,(H,12,13). The van der Waals surface area contributed by atoms with E-state index in [1.54, 1.807) is 6.07 Å². The Labute approximate surface area is 119 Å². The molecule has 0 aliphatic carbocycles. The summed E-state index contributed by atoms with van der Waals surface area (Å²) in [5.74, 6) is 0.324. The van der Waals surface area contributed by atoms with Gasteiger partial charge in [-0.25, -0.2) is 26.5 Å². The average Bonchev–Trinajstić information content (AvgIpc) is 2.26. The lowest BCUT2D eigenvalue weighted by Gasteiger charge is -2.13. The molecule has 1 atom stereocenters. The predicted molar refractivity (Wildman–Crippen MR) is 77.9 cm³/mol. The fraction of sp³-hybridized carbons (Fsp3) is 0.545. The Morgan fingerprint density at radius 1 is 1.25 bits per heavy atom. The van der Waals surface area contributed by atoms with Crippen molar-refractivity contribution in [1.29, 1.82) is 0 Å². The molecule has 0 bridgehead atoms. The van der Waals surface area contributed by atoms with E-state index in [2.05, 4.69) is 15.0 Å².